The van der Waals surface area contributed by atoms with Crippen LogP contribution in [0.25, 0.3) is 22.3 Å². The molecular weight excluding hydrogens is 336 g/mol. The third kappa shape index (κ3) is 3.18. The number of para-hydroxylation sites is 2. The van der Waals surface area contributed by atoms with Gasteiger partial charge in [0.25, 0.3) is 0 Å². The standard InChI is InChI=1S/C18H14N4O2S/c1-23-15-9-5-3-7-13(15)17-21-16(24-22-17)10-25-18-12-6-2-4-8-14(12)19-11-20-18/h2-9,11H,10H2,1H3. The highest BCUT2D eigenvalue weighted by Crippen LogP contribution is 2.30. The van der Waals surface area contributed by atoms with Gasteiger partial charge in [-0.3, -0.25) is 0 Å². The Balaban J connectivity index is 1.55. The number of thioether (sulfide) groups is 1. The predicted octanol–water partition coefficient (Wildman–Crippen LogP) is 3.98. The molecule has 4 aromatic rings. The Morgan fingerprint density at radius 1 is 1.04 bits per heavy atom. The van der Waals surface area contributed by atoms with Crippen molar-refractivity contribution >= 4 is 22.7 Å². The fourth-order valence-corrected chi connectivity index (χ4v) is 3.30. The van der Waals surface area contributed by atoms with E-state index in [9.17, 15) is 0 Å². The lowest BCUT2D eigenvalue weighted by Crippen LogP contribution is -1.90. The van der Waals surface area contributed by atoms with E-state index in [2.05, 4.69) is 20.1 Å². The zero-order chi connectivity index (χ0) is 17.1. The van der Waals surface area contributed by atoms with Crippen LogP contribution in [0.2, 0.25) is 0 Å². The monoisotopic (exact) mass is 350 g/mol. The number of benzene rings is 2. The molecule has 0 bridgehead atoms. The summed E-state index contributed by atoms with van der Waals surface area (Å²) in [5, 5.41) is 5.96. The molecule has 0 aliphatic carbocycles. The van der Waals surface area contributed by atoms with Gasteiger partial charge in [-0.2, -0.15) is 4.98 Å². The maximum absolute atomic E-state index is 5.37. The largest absolute Gasteiger partial charge is 0.496 e. The van der Waals surface area contributed by atoms with Crippen LogP contribution in [0.4, 0.5) is 0 Å². The van der Waals surface area contributed by atoms with Crippen LogP contribution < -0.4 is 4.74 Å². The van der Waals surface area contributed by atoms with Gasteiger partial charge in [-0.05, 0) is 18.2 Å². The minimum Gasteiger partial charge on any atom is -0.496 e. The molecule has 0 N–H and O–H groups in total. The van der Waals surface area contributed by atoms with Crippen LogP contribution in [0.15, 0.2) is 64.4 Å². The molecule has 2 heterocycles. The van der Waals surface area contributed by atoms with Crippen LogP contribution in [-0.4, -0.2) is 27.2 Å². The van der Waals surface area contributed by atoms with Crippen molar-refractivity contribution in [3.05, 3.63) is 60.7 Å². The summed E-state index contributed by atoms with van der Waals surface area (Å²) in [6.07, 6.45) is 1.57. The molecule has 0 aliphatic heterocycles. The third-order valence-corrected chi connectivity index (χ3v) is 4.64. The molecule has 124 valence electrons. The van der Waals surface area contributed by atoms with E-state index in [0.717, 1.165) is 21.5 Å². The van der Waals surface area contributed by atoms with Crippen molar-refractivity contribution in [2.24, 2.45) is 0 Å². The van der Waals surface area contributed by atoms with Gasteiger partial charge in [0.2, 0.25) is 11.7 Å². The molecule has 0 aliphatic rings. The zero-order valence-electron chi connectivity index (χ0n) is 13.4. The van der Waals surface area contributed by atoms with Crippen LogP contribution in [0, 0.1) is 0 Å². The number of rotatable bonds is 5. The van der Waals surface area contributed by atoms with Crippen LogP contribution in [0.1, 0.15) is 5.89 Å². The summed E-state index contributed by atoms with van der Waals surface area (Å²) in [4.78, 5) is 13.1. The van der Waals surface area contributed by atoms with Crippen LogP contribution in [0.3, 0.4) is 0 Å². The summed E-state index contributed by atoms with van der Waals surface area (Å²) in [6, 6.07) is 15.5. The second-order valence-electron chi connectivity index (χ2n) is 5.20. The molecule has 2 aromatic heterocycles. The normalized spacial score (nSPS) is 10.9. The van der Waals surface area contributed by atoms with Gasteiger partial charge in [0, 0.05) is 5.39 Å². The Kier molecular flexibility index (Phi) is 4.30. The molecule has 0 amide bonds. The smallest absolute Gasteiger partial charge is 0.237 e. The summed E-state index contributed by atoms with van der Waals surface area (Å²) < 4.78 is 10.7. The molecule has 4 rings (SSSR count). The molecule has 2 aromatic carbocycles. The van der Waals surface area contributed by atoms with Crippen molar-refractivity contribution in [1.82, 2.24) is 20.1 Å². The fraction of sp³-hybridized carbons (Fsp3) is 0.111. The van der Waals surface area contributed by atoms with Crippen molar-refractivity contribution in [2.75, 3.05) is 7.11 Å². The minimum absolute atomic E-state index is 0.514. The van der Waals surface area contributed by atoms with Gasteiger partial charge >= 0.3 is 0 Å². The first-order valence-electron chi connectivity index (χ1n) is 7.63. The Hall–Kier alpha value is -2.93. The van der Waals surface area contributed by atoms with Crippen LogP contribution in [-0.2, 0) is 5.75 Å². The van der Waals surface area contributed by atoms with E-state index < -0.39 is 0 Å². The molecular formula is C18H14N4O2S. The second kappa shape index (κ2) is 6.90. The van der Waals surface area contributed by atoms with Crippen molar-refractivity contribution in [3.8, 4) is 17.1 Å². The van der Waals surface area contributed by atoms with Gasteiger partial charge < -0.3 is 9.26 Å². The average molecular weight is 350 g/mol. The number of nitrogens with zero attached hydrogens (tertiary/aromatic N) is 4. The van der Waals surface area contributed by atoms with Crippen molar-refractivity contribution in [3.63, 3.8) is 0 Å². The Morgan fingerprint density at radius 2 is 1.88 bits per heavy atom. The first kappa shape index (κ1) is 15.6. The molecule has 0 fully saturated rings. The van der Waals surface area contributed by atoms with E-state index in [0.29, 0.717) is 23.2 Å². The SMILES string of the molecule is COc1ccccc1-c1noc(CSc2ncnc3ccccc23)n1. The molecule has 0 radical (unpaired) electrons. The van der Waals surface area contributed by atoms with Gasteiger partial charge in [0.05, 0.1) is 23.9 Å². The fourth-order valence-electron chi connectivity index (χ4n) is 2.48. The molecule has 0 atom stereocenters. The number of ether oxygens (including phenoxy) is 1. The number of fused-ring (bicyclic) bond motifs is 1. The van der Waals surface area contributed by atoms with E-state index in [1.807, 2.05) is 48.5 Å². The maximum atomic E-state index is 5.37. The third-order valence-electron chi connectivity index (χ3n) is 3.65. The highest BCUT2D eigenvalue weighted by atomic mass is 32.2. The van der Waals surface area contributed by atoms with E-state index in [1.54, 1.807) is 25.2 Å². The molecule has 0 spiro atoms. The molecule has 0 saturated heterocycles. The van der Waals surface area contributed by atoms with Gasteiger partial charge in [-0.1, -0.05) is 47.3 Å². The van der Waals surface area contributed by atoms with Crippen LogP contribution >= 0.6 is 11.8 Å². The summed E-state index contributed by atoms with van der Waals surface area (Å²) >= 11 is 1.54. The first-order chi connectivity index (χ1) is 12.3. The summed E-state index contributed by atoms with van der Waals surface area (Å²) in [5.74, 6) is 2.29. The van der Waals surface area contributed by atoms with E-state index >= 15 is 0 Å². The molecule has 0 unspecified atom stereocenters. The maximum Gasteiger partial charge on any atom is 0.237 e. The van der Waals surface area contributed by atoms with Crippen molar-refractivity contribution in [2.45, 2.75) is 10.8 Å². The van der Waals surface area contributed by atoms with Gasteiger partial charge in [0.1, 0.15) is 17.1 Å². The number of hydrogen-bond acceptors (Lipinski definition) is 7. The topological polar surface area (TPSA) is 73.9 Å². The van der Waals surface area contributed by atoms with E-state index in [1.165, 1.54) is 0 Å². The minimum atomic E-state index is 0.514. The lowest BCUT2D eigenvalue weighted by Gasteiger charge is -2.03. The second-order valence-corrected chi connectivity index (χ2v) is 6.16. The Morgan fingerprint density at radius 3 is 2.80 bits per heavy atom. The first-order valence-corrected chi connectivity index (χ1v) is 8.62. The van der Waals surface area contributed by atoms with E-state index in [-0.39, 0.29) is 0 Å². The van der Waals surface area contributed by atoms with Crippen molar-refractivity contribution < 1.29 is 9.26 Å². The molecule has 6 nitrogen and oxygen atoms in total. The summed E-state index contributed by atoms with van der Waals surface area (Å²) in [6.45, 7) is 0. The van der Waals surface area contributed by atoms with Gasteiger partial charge in [-0.15, -0.1) is 0 Å². The van der Waals surface area contributed by atoms with Crippen LogP contribution in [0.5, 0.6) is 5.75 Å². The quantitative estimate of drug-likeness (QED) is 0.398. The van der Waals surface area contributed by atoms with Crippen molar-refractivity contribution in [1.29, 1.82) is 0 Å². The predicted molar refractivity (Wildman–Crippen MR) is 95.4 cm³/mol. The Bertz CT molecular complexity index is 1010. The average Bonchev–Trinajstić information content (AvgIpc) is 3.15. The highest BCUT2D eigenvalue weighted by molar-refractivity contribution is 7.98. The lowest BCUT2D eigenvalue weighted by atomic mass is 10.2. The summed E-state index contributed by atoms with van der Waals surface area (Å²) in [7, 11) is 1.62. The zero-order valence-corrected chi connectivity index (χ0v) is 14.2. The van der Waals surface area contributed by atoms with Gasteiger partial charge in [-0.25, -0.2) is 9.97 Å². The molecule has 25 heavy (non-hydrogen) atoms. The number of aromatic nitrogens is 4. The molecule has 7 heteroatoms. The Labute approximate surface area is 148 Å². The molecule has 0 saturated carbocycles. The number of methoxy groups -OCH3 is 1. The van der Waals surface area contributed by atoms with Gasteiger partial charge in [0.15, 0.2) is 0 Å². The number of hydrogen-bond donors (Lipinski definition) is 0. The lowest BCUT2D eigenvalue weighted by molar-refractivity contribution is 0.390. The summed E-state index contributed by atoms with van der Waals surface area (Å²) in [5.41, 5.74) is 1.72. The van der Waals surface area contributed by atoms with E-state index in [4.69, 9.17) is 9.26 Å². The highest BCUT2D eigenvalue weighted by Gasteiger charge is 2.13.